The van der Waals surface area contributed by atoms with E-state index in [9.17, 15) is 22.4 Å². The van der Waals surface area contributed by atoms with Crippen molar-refractivity contribution >= 4 is 5.91 Å². The van der Waals surface area contributed by atoms with Gasteiger partial charge >= 0.3 is 6.18 Å². The molecule has 0 aliphatic carbocycles. The van der Waals surface area contributed by atoms with E-state index in [0.29, 0.717) is 5.70 Å². The number of carbonyl (C=O) groups excluding carboxylic acids is 1. The molecule has 5 nitrogen and oxygen atoms in total. The van der Waals surface area contributed by atoms with Gasteiger partial charge in [0.1, 0.15) is 17.7 Å². The molecule has 30 heavy (non-hydrogen) atoms. The van der Waals surface area contributed by atoms with Crippen molar-refractivity contribution in [3.63, 3.8) is 0 Å². The first-order valence-corrected chi connectivity index (χ1v) is 9.09. The molecule has 1 aromatic heterocycles. The summed E-state index contributed by atoms with van der Waals surface area (Å²) in [6.45, 7) is 0. The Morgan fingerprint density at radius 2 is 1.90 bits per heavy atom. The fraction of sp³-hybridized carbons (Fsp3) is 0.143. The van der Waals surface area contributed by atoms with E-state index in [-0.39, 0.29) is 17.0 Å². The average molecular weight is 417 g/mol. The van der Waals surface area contributed by atoms with Crippen LogP contribution in [0.25, 0.3) is 0 Å². The number of rotatable bonds is 4. The van der Waals surface area contributed by atoms with Crippen molar-refractivity contribution in [2.75, 3.05) is 0 Å². The summed E-state index contributed by atoms with van der Waals surface area (Å²) in [5, 5.41) is 4.91. The van der Waals surface area contributed by atoms with Crippen LogP contribution in [0.1, 0.15) is 23.5 Å². The van der Waals surface area contributed by atoms with Crippen LogP contribution in [0.4, 0.5) is 17.6 Å². The minimum absolute atomic E-state index is 0.0750. The highest BCUT2D eigenvalue weighted by atomic mass is 19.4. The maximum absolute atomic E-state index is 14.3. The molecule has 154 valence electrons. The smallest absolute Gasteiger partial charge is 0.355 e. The third-order valence-corrected chi connectivity index (χ3v) is 4.78. The molecule has 9 heteroatoms. The Balaban J connectivity index is 1.65. The quantitative estimate of drug-likeness (QED) is 0.751. The van der Waals surface area contributed by atoms with E-state index in [4.69, 9.17) is 0 Å². The number of amides is 1. The van der Waals surface area contributed by atoms with E-state index in [1.807, 2.05) is 5.32 Å². The number of benzene rings is 1. The first-order valence-electron chi connectivity index (χ1n) is 9.09. The number of nitrogens with zero attached hydrogens (tertiary/aromatic N) is 1. The normalized spacial score (nSPS) is 18.8. The zero-order valence-electron chi connectivity index (χ0n) is 15.5. The lowest BCUT2D eigenvalue weighted by Gasteiger charge is -2.26. The molecule has 1 aromatic carbocycles. The number of nitrogens with one attached hydrogen (secondary N) is 3. The number of alkyl halides is 3. The average Bonchev–Trinajstić information content (AvgIpc) is 3.12. The number of halogens is 4. The molecule has 2 atom stereocenters. The van der Waals surface area contributed by atoms with E-state index >= 15 is 0 Å². The molecule has 4 rings (SSSR count). The van der Waals surface area contributed by atoms with Crippen molar-refractivity contribution in [2.45, 2.75) is 18.4 Å². The molecule has 0 radical (unpaired) electrons. The number of H-pyrrole nitrogens is 1. The molecule has 0 spiro atoms. The number of hydrogen-bond donors (Lipinski definition) is 2. The Bertz CT molecular complexity index is 1050. The number of pyridine rings is 1. The molecule has 3 N–H and O–H groups in total. The SMILES string of the molecule is O=C(NC(c1cccc[nH+]1)C(F)(F)F)C1=C2C=CC=CN2C(c2ccccc2F)N1. The summed E-state index contributed by atoms with van der Waals surface area (Å²) in [7, 11) is 0. The van der Waals surface area contributed by atoms with Crippen LogP contribution in [0.2, 0.25) is 0 Å². The number of aromatic amines is 1. The van der Waals surface area contributed by atoms with Gasteiger partial charge in [0.15, 0.2) is 6.20 Å². The van der Waals surface area contributed by atoms with Crippen LogP contribution in [0, 0.1) is 5.82 Å². The van der Waals surface area contributed by atoms with Crippen LogP contribution in [0.3, 0.4) is 0 Å². The van der Waals surface area contributed by atoms with Gasteiger partial charge in [0, 0.05) is 23.9 Å². The molecule has 2 aromatic rings. The molecule has 0 saturated carbocycles. The number of aromatic nitrogens is 1. The third kappa shape index (κ3) is 3.66. The molecule has 0 saturated heterocycles. The van der Waals surface area contributed by atoms with E-state index in [2.05, 4.69) is 10.3 Å². The highest BCUT2D eigenvalue weighted by Gasteiger charge is 2.47. The van der Waals surface area contributed by atoms with Crippen molar-refractivity contribution in [2.24, 2.45) is 0 Å². The molecular formula is C21H17F4N4O+. The summed E-state index contributed by atoms with van der Waals surface area (Å²) in [4.78, 5) is 17.0. The molecule has 0 fully saturated rings. The van der Waals surface area contributed by atoms with Crippen molar-refractivity contribution in [1.82, 2.24) is 15.5 Å². The van der Waals surface area contributed by atoms with Gasteiger partial charge in [0.25, 0.3) is 5.91 Å². The lowest BCUT2D eigenvalue weighted by Crippen LogP contribution is -2.43. The Hall–Kier alpha value is -3.62. The Kier molecular flexibility index (Phi) is 5.03. The van der Waals surface area contributed by atoms with Gasteiger partial charge in [0.05, 0.1) is 5.70 Å². The van der Waals surface area contributed by atoms with E-state index in [0.717, 1.165) is 0 Å². The predicted octanol–water partition coefficient (Wildman–Crippen LogP) is 3.26. The van der Waals surface area contributed by atoms with Gasteiger partial charge in [-0.1, -0.05) is 30.3 Å². The number of fused-ring (bicyclic) bond motifs is 1. The summed E-state index contributed by atoms with van der Waals surface area (Å²) in [5.74, 6) is -1.45. The van der Waals surface area contributed by atoms with Crippen LogP contribution in [-0.4, -0.2) is 17.0 Å². The van der Waals surface area contributed by atoms with Gasteiger partial charge in [-0.15, -0.1) is 0 Å². The van der Waals surface area contributed by atoms with Crippen LogP contribution in [0.15, 0.2) is 84.5 Å². The molecule has 3 heterocycles. The van der Waals surface area contributed by atoms with Crippen LogP contribution >= 0.6 is 0 Å². The maximum Gasteiger partial charge on any atom is 0.418 e. The Morgan fingerprint density at radius 3 is 2.60 bits per heavy atom. The first kappa shape index (κ1) is 19.7. The number of carbonyl (C=O) groups is 1. The first-order chi connectivity index (χ1) is 14.4. The summed E-state index contributed by atoms with van der Waals surface area (Å²) >= 11 is 0. The van der Waals surface area contributed by atoms with Crippen molar-refractivity contribution in [3.05, 3.63) is 102 Å². The highest BCUT2D eigenvalue weighted by Crippen LogP contribution is 2.36. The third-order valence-electron chi connectivity index (χ3n) is 4.78. The summed E-state index contributed by atoms with van der Waals surface area (Å²) in [6, 6.07) is 8.01. The molecule has 2 aliphatic rings. The van der Waals surface area contributed by atoms with Gasteiger partial charge < -0.3 is 15.5 Å². The zero-order chi connectivity index (χ0) is 21.3. The van der Waals surface area contributed by atoms with Crippen LogP contribution in [-0.2, 0) is 4.79 Å². The minimum atomic E-state index is -4.72. The molecular weight excluding hydrogens is 400 g/mol. The van der Waals surface area contributed by atoms with E-state index in [1.54, 1.807) is 41.5 Å². The maximum atomic E-state index is 14.3. The van der Waals surface area contributed by atoms with Gasteiger partial charge in [-0.05, 0) is 18.2 Å². The topological polar surface area (TPSA) is 58.5 Å². The standard InChI is InChI=1S/C21H16F4N4O/c22-14-8-2-1-7-13(14)19-27-17(16-10-4-6-12-29(16)19)20(30)28-18(21(23,24)25)15-9-3-5-11-26-15/h1-12,18-19,27H,(H,28,30)/p+1. The highest BCUT2D eigenvalue weighted by molar-refractivity contribution is 5.95. The van der Waals surface area contributed by atoms with E-state index in [1.165, 1.54) is 36.5 Å². The van der Waals surface area contributed by atoms with Gasteiger partial charge in [-0.3, -0.25) is 4.79 Å². The Morgan fingerprint density at radius 1 is 1.13 bits per heavy atom. The van der Waals surface area contributed by atoms with Crippen LogP contribution < -0.4 is 15.6 Å². The van der Waals surface area contributed by atoms with Crippen molar-refractivity contribution in [3.8, 4) is 0 Å². The predicted molar refractivity (Wildman–Crippen MR) is 99.4 cm³/mol. The lowest BCUT2D eigenvalue weighted by atomic mass is 10.1. The largest absolute Gasteiger partial charge is 0.418 e. The fourth-order valence-corrected chi connectivity index (χ4v) is 3.41. The van der Waals surface area contributed by atoms with Gasteiger partial charge in [-0.25, -0.2) is 9.37 Å². The van der Waals surface area contributed by atoms with Crippen molar-refractivity contribution < 1.29 is 27.3 Å². The molecule has 1 amide bonds. The second kappa shape index (κ2) is 7.66. The minimum Gasteiger partial charge on any atom is -0.355 e. The summed E-state index contributed by atoms with van der Waals surface area (Å²) < 4.78 is 55.2. The number of hydrogen-bond acceptors (Lipinski definition) is 3. The fourth-order valence-electron chi connectivity index (χ4n) is 3.41. The Labute approximate surface area is 169 Å². The monoisotopic (exact) mass is 417 g/mol. The van der Waals surface area contributed by atoms with E-state index < -0.39 is 30.1 Å². The number of allylic oxidation sites excluding steroid dienone is 3. The molecule has 2 aliphatic heterocycles. The van der Waals surface area contributed by atoms with Crippen molar-refractivity contribution in [1.29, 1.82) is 0 Å². The molecule has 0 bridgehead atoms. The summed E-state index contributed by atoms with van der Waals surface area (Å²) in [5.41, 5.74) is 0.334. The van der Waals surface area contributed by atoms with Gasteiger partial charge in [-0.2, -0.15) is 13.2 Å². The van der Waals surface area contributed by atoms with Crippen LogP contribution in [0.5, 0.6) is 0 Å². The molecule has 2 unspecified atom stereocenters. The van der Waals surface area contributed by atoms with Gasteiger partial charge in [0.2, 0.25) is 11.7 Å². The summed E-state index contributed by atoms with van der Waals surface area (Å²) in [6.07, 6.45) is 2.42. The second-order valence-electron chi connectivity index (χ2n) is 6.70. The second-order valence-corrected chi connectivity index (χ2v) is 6.70. The zero-order valence-corrected chi connectivity index (χ0v) is 15.5. The lowest BCUT2D eigenvalue weighted by molar-refractivity contribution is -0.401.